The van der Waals surface area contributed by atoms with E-state index < -0.39 is 33.1 Å². The summed E-state index contributed by atoms with van der Waals surface area (Å²) in [6.45, 7) is 9.74. The number of benzene rings is 2. The normalized spacial score (nSPS) is 17.6. The summed E-state index contributed by atoms with van der Waals surface area (Å²) in [7, 11) is -0.928. The molecule has 0 unspecified atom stereocenters. The van der Waals surface area contributed by atoms with Gasteiger partial charge in [0.15, 0.2) is 0 Å². The molecule has 13 heteroatoms. The quantitative estimate of drug-likeness (QED) is 0.115. The number of aromatic nitrogens is 2. The Hall–Kier alpha value is -3.32. The minimum absolute atomic E-state index is 0.0970. The van der Waals surface area contributed by atoms with E-state index in [4.69, 9.17) is 27.2 Å². The first-order valence-electron chi connectivity index (χ1n) is 14.9. The SMILES string of the molecule is C=C(c1c(/C(N)=N\C)c(-c2cc(F)c(NS(=O)(=O)Cc3ccccc3Cl)cc2F)nn1C(C)C)[C@H]1CC[C@H](NCCOC)CC1. The van der Waals surface area contributed by atoms with Gasteiger partial charge in [0.2, 0.25) is 10.0 Å². The molecule has 4 rings (SSSR count). The molecule has 4 N–H and O–H groups in total. The lowest BCUT2D eigenvalue weighted by Gasteiger charge is -2.31. The molecule has 0 amide bonds. The van der Waals surface area contributed by atoms with Crippen molar-refractivity contribution in [2.45, 2.75) is 57.4 Å². The van der Waals surface area contributed by atoms with Crippen LogP contribution in [0, 0.1) is 17.6 Å². The molecule has 0 radical (unpaired) electrons. The van der Waals surface area contributed by atoms with Crippen LogP contribution >= 0.6 is 11.6 Å². The predicted molar refractivity (Wildman–Crippen MR) is 177 cm³/mol. The maximum atomic E-state index is 15.8. The van der Waals surface area contributed by atoms with Crippen molar-refractivity contribution in [3.8, 4) is 11.3 Å². The number of rotatable bonds is 13. The molecule has 0 aliphatic heterocycles. The van der Waals surface area contributed by atoms with Crippen LogP contribution in [0.4, 0.5) is 14.5 Å². The van der Waals surface area contributed by atoms with E-state index in [0.29, 0.717) is 29.5 Å². The maximum Gasteiger partial charge on any atom is 0.237 e. The Morgan fingerprint density at radius 1 is 1.20 bits per heavy atom. The molecule has 0 saturated heterocycles. The number of nitrogens with two attached hydrogens (primary N) is 1. The molecule has 9 nitrogen and oxygen atoms in total. The van der Waals surface area contributed by atoms with E-state index in [1.54, 1.807) is 36.1 Å². The summed E-state index contributed by atoms with van der Waals surface area (Å²) in [5, 5.41) is 8.48. The van der Waals surface area contributed by atoms with Gasteiger partial charge in [0.25, 0.3) is 0 Å². The van der Waals surface area contributed by atoms with Crippen LogP contribution in [0.3, 0.4) is 0 Å². The second kappa shape index (κ2) is 14.8. The Balaban J connectivity index is 1.68. The smallest absolute Gasteiger partial charge is 0.237 e. The summed E-state index contributed by atoms with van der Waals surface area (Å²) in [5.41, 5.74) is 7.91. The number of amidine groups is 1. The molecule has 1 aromatic heterocycles. The van der Waals surface area contributed by atoms with Gasteiger partial charge in [-0.15, -0.1) is 0 Å². The number of nitrogens with one attached hydrogen (secondary N) is 2. The largest absolute Gasteiger partial charge is 0.383 e. The third-order valence-corrected chi connectivity index (χ3v) is 9.63. The first-order valence-corrected chi connectivity index (χ1v) is 16.9. The molecule has 2 aromatic carbocycles. The molecule has 1 heterocycles. The molecule has 0 spiro atoms. The molecule has 1 aliphatic carbocycles. The van der Waals surface area contributed by atoms with Gasteiger partial charge in [-0.05, 0) is 68.7 Å². The van der Waals surface area contributed by atoms with Crippen LogP contribution < -0.4 is 15.8 Å². The number of hydrogen-bond donors (Lipinski definition) is 3. The lowest BCUT2D eigenvalue weighted by Crippen LogP contribution is -2.35. The van der Waals surface area contributed by atoms with Crippen molar-refractivity contribution in [1.82, 2.24) is 15.1 Å². The second-order valence-corrected chi connectivity index (χ2v) is 13.6. The predicted octanol–water partition coefficient (Wildman–Crippen LogP) is 6.15. The zero-order valence-electron chi connectivity index (χ0n) is 26.0. The van der Waals surface area contributed by atoms with E-state index in [1.165, 1.54) is 7.05 Å². The van der Waals surface area contributed by atoms with Crippen molar-refractivity contribution in [2.75, 3.05) is 32.0 Å². The van der Waals surface area contributed by atoms with E-state index in [2.05, 4.69) is 21.6 Å². The van der Waals surface area contributed by atoms with E-state index in [0.717, 1.165) is 49.9 Å². The van der Waals surface area contributed by atoms with Crippen molar-refractivity contribution >= 4 is 38.7 Å². The minimum atomic E-state index is -4.12. The highest BCUT2D eigenvalue weighted by Crippen LogP contribution is 2.40. The number of methoxy groups -OCH3 is 1. The molecule has 3 aromatic rings. The number of halogens is 3. The number of sulfonamides is 1. The van der Waals surface area contributed by atoms with Crippen molar-refractivity contribution < 1.29 is 21.9 Å². The summed E-state index contributed by atoms with van der Waals surface area (Å²) in [5.74, 6) is -2.14. The van der Waals surface area contributed by atoms with Crippen molar-refractivity contribution in [1.29, 1.82) is 0 Å². The fourth-order valence-corrected chi connectivity index (χ4v) is 7.20. The van der Waals surface area contributed by atoms with Crippen LogP contribution in [0.15, 0.2) is 48.0 Å². The number of aliphatic imine (C=N–C) groups is 1. The Labute approximate surface area is 269 Å². The van der Waals surface area contributed by atoms with E-state index in [-0.39, 0.29) is 34.1 Å². The summed E-state index contributed by atoms with van der Waals surface area (Å²) < 4.78 is 66.0. The summed E-state index contributed by atoms with van der Waals surface area (Å²) in [4.78, 5) is 4.18. The zero-order valence-corrected chi connectivity index (χ0v) is 27.6. The van der Waals surface area contributed by atoms with E-state index >= 15 is 8.78 Å². The molecule has 0 bridgehead atoms. The van der Waals surface area contributed by atoms with Gasteiger partial charge in [-0.25, -0.2) is 17.2 Å². The van der Waals surface area contributed by atoms with Gasteiger partial charge >= 0.3 is 0 Å². The molecule has 0 atom stereocenters. The summed E-state index contributed by atoms with van der Waals surface area (Å²) >= 11 is 6.10. The second-order valence-electron chi connectivity index (χ2n) is 11.5. The van der Waals surface area contributed by atoms with E-state index in [9.17, 15) is 8.42 Å². The molecule has 1 fully saturated rings. The third kappa shape index (κ3) is 8.10. The maximum absolute atomic E-state index is 15.8. The fourth-order valence-electron chi connectivity index (χ4n) is 5.69. The van der Waals surface area contributed by atoms with Crippen molar-refractivity contribution in [3.63, 3.8) is 0 Å². The van der Waals surface area contributed by atoms with Crippen LogP contribution in [-0.4, -0.2) is 57.4 Å². The monoisotopic (exact) mass is 662 g/mol. The Morgan fingerprint density at radius 2 is 1.89 bits per heavy atom. The fraction of sp³-hybridized carbons (Fsp3) is 0.438. The van der Waals surface area contributed by atoms with Gasteiger partial charge in [-0.1, -0.05) is 36.4 Å². The van der Waals surface area contributed by atoms with Crippen LogP contribution in [0.5, 0.6) is 0 Å². The van der Waals surface area contributed by atoms with Gasteiger partial charge in [0.05, 0.1) is 29.3 Å². The Bertz CT molecular complexity index is 1670. The van der Waals surface area contributed by atoms with Crippen LogP contribution in [0.2, 0.25) is 5.02 Å². The number of anilines is 1. The van der Waals surface area contributed by atoms with Gasteiger partial charge < -0.3 is 15.8 Å². The van der Waals surface area contributed by atoms with E-state index in [1.807, 2.05) is 13.8 Å². The molecule has 1 saturated carbocycles. The number of ether oxygens (including phenoxy) is 1. The van der Waals surface area contributed by atoms with Gasteiger partial charge in [-0.3, -0.25) is 14.4 Å². The first kappa shape index (κ1) is 34.6. The minimum Gasteiger partial charge on any atom is -0.383 e. The summed E-state index contributed by atoms with van der Waals surface area (Å²) in [6, 6.07) is 8.35. The highest BCUT2D eigenvalue weighted by molar-refractivity contribution is 7.91. The van der Waals surface area contributed by atoms with Crippen LogP contribution in [-0.2, 0) is 20.5 Å². The Kier molecular flexibility index (Phi) is 11.4. The standard InChI is InChI=1S/C32H41ClF2N6O3S/c1-19(2)41-31(20(3)21-10-12-23(13-11-21)38-14-15-44-5)29(32(36)37-4)30(39-41)24-16-27(35)28(17-26(24)34)40-45(42,43)18-22-8-6-7-9-25(22)33/h6-9,16-17,19,21,23,38,40H,3,10-15,18H2,1-2,4-5H3,(H2,36,37)/t21-,23-. The van der Waals surface area contributed by atoms with Gasteiger partial charge in [0, 0.05) is 49.4 Å². The average Bonchev–Trinajstić information content (AvgIpc) is 3.40. The van der Waals surface area contributed by atoms with Crippen LogP contribution in [0.1, 0.15) is 62.4 Å². The van der Waals surface area contributed by atoms with Crippen molar-refractivity contribution in [3.05, 3.63) is 76.5 Å². The molecular formula is C32H41ClF2N6O3S. The molecule has 45 heavy (non-hydrogen) atoms. The molecular weight excluding hydrogens is 622 g/mol. The highest BCUT2D eigenvalue weighted by Gasteiger charge is 2.32. The number of nitrogens with zero attached hydrogens (tertiary/aromatic N) is 3. The number of hydrogen-bond acceptors (Lipinski definition) is 6. The lowest BCUT2D eigenvalue weighted by molar-refractivity contribution is 0.190. The zero-order chi connectivity index (χ0) is 32.9. The number of allylic oxidation sites excluding steroid dienone is 1. The molecule has 244 valence electrons. The first-order chi connectivity index (χ1) is 21.4. The average molecular weight is 663 g/mol. The third-order valence-electron chi connectivity index (χ3n) is 8.04. The van der Waals surface area contributed by atoms with Gasteiger partial charge in [-0.2, -0.15) is 5.10 Å². The van der Waals surface area contributed by atoms with Crippen molar-refractivity contribution in [2.24, 2.45) is 16.6 Å². The lowest BCUT2D eigenvalue weighted by atomic mass is 9.80. The topological polar surface area (TPSA) is 124 Å². The Morgan fingerprint density at radius 3 is 2.51 bits per heavy atom. The summed E-state index contributed by atoms with van der Waals surface area (Å²) in [6.07, 6.45) is 3.68. The van der Waals surface area contributed by atoms with Crippen LogP contribution in [0.25, 0.3) is 16.8 Å². The molecule has 1 aliphatic rings. The highest BCUT2D eigenvalue weighted by atomic mass is 35.5. The van der Waals surface area contributed by atoms with Gasteiger partial charge in [0.1, 0.15) is 23.2 Å².